The molecule has 0 aliphatic rings. The maximum absolute atomic E-state index is 11.4. The van der Waals surface area contributed by atoms with Crippen molar-refractivity contribution in [3.05, 3.63) is 52.0 Å². The minimum Gasteiger partial charge on any atom is -0.366 e. The molecule has 23 heavy (non-hydrogen) atoms. The summed E-state index contributed by atoms with van der Waals surface area (Å²) in [4.78, 5) is 19.2. The van der Waals surface area contributed by atoms with Crippen LogP contribution in [0.1, 0.15) is 36.7 Å². The van der Waals surface area contributed by atoms with E-state index in [0.717, 1.165) is 26.9 Å². The van der Waals surface area contributed by atoms with Crippen LogP contribution in [0.15, 0.2) is 40.9 Å². The van der Waals surface area contributed by atoms with E-state index in [-0.39, 0.29) is 5.41 Å². The van der Waals surface area contributed by atoms with Crippen LogP contribution in [0.3, 0.4) is 0 Å². The number of aromatic amines is 1. The molecule has 0 fully saturated rings. The molecule has 3 aromatic rings. The maximum atomic E-state index is 11.4. The number of carbonyl (C=O) groups is 1. The largest absolute Gasteiger partial charge is 0.366 e. The third-order valence-corrected chi connectivity index (χ3v) is 4.45. The van der Waals surface area contributed by atoms with Gasteiger partial charge in [-0.15, -0.1) is 0 Å². The highest BCUT2D eigenvalue weighted by Crippen LogP contribution is 2.29. The predicted octanol–water partition coefficient (Wildman–Crippen LogP) is 4.39. The average Bonchev–Trinajstić information content (AvgIpc) is 2.91. The lowest BCUT2D eigenvalue weighted by Gasteiger charge is -2.18. The standard InChI is InChI=1S/C18H18BrN3O/c1-18(2,3)12-6-4-10(5-7-12)17-21-14-9-11(16(20)23)8-13(19)15(14)22-17/h4-9H,1-3H3,(H2,20,23)(H,21,22). The Balaban J connectivity index is 2.07. The summed E-state index contributed by atoms with van der Waals surface area (Å²) in [6, 6.07) is 11.8. The summed E-state index contributed by atoms with van der Waals surface area (Å²) in [5.41, 5.74) is 9.76. The van der Waals surface area contributed by atoms with Gasteiger partial charge in [0.05, 0.1) is 5.52 Å². The van der Waals surface area contributed by atoms with Crippen LogP contribution in [0.5, 0.6) is 0 Å². The number of hydrogen-bond acceptors (Lipinski definition) is 2. The molecule has 118 valence electrons. The van der Waals surface area contributed by atoms with Gasteiger partial charge in [0, 0.05) is 15.6 Å². The number of nitrogens with one attached hydrogen (secondary N) is 1. The number of aromatic nitrogens is 2. The number of benzene rings is 2. The number of primary amides is 1. The summed E-state index contributed by atoms with van der Waals surface area (Å²) < 4.78 is 0.748. The van der Waals surface area contributed by atoms with E-state index >= 15 is 0 Å². The zero-order chi connectivity index (χ0) is 16.8. The first-order chi connectivity index (χ1) is 10.8. The molecule has 1 heterocycles. The van der Waals surface area contributed by atoms with Crippen molar-refractivity contribution in [2.75, 3.05) is 0 Å². The van der Waals surface area contributed by atoms with Gasteiger partial charge in [0.2, 0.25) is 5.91 Å². The Morgan fingerprint density at radius 2 is 1.83 bits per heavy atom. The minimum atomic E-state index is -0.460. The van der Waals surface area contributed by atoms with E-state index in [4.69, 9.17) is 5.73 Å². The Morgan fingerprint density at radius 1 is 1.17 bits per heavy atom. The zero-order valence-corrected chi connectivity index (χ0v) is 14.9. The highest BCUT2D eigenvalue weighted by atomic mass is 79.9. The topological polar surface area (TPSA) is 71.8 Å². The first-order valence-electron chi connectivity index (χ1n) is 7.36. The van der Waals surface area contributed by atoms with Crippen LogP contribution in [0.25, 0.3) is 22.4 Å². The van der Waals surface area contributed by atoms with Crippen molar-refractivity contribution in [3.8, 4) is 11.4 Å². The smallest absolute Gasteiger partial charge is 0.248 e. The van der Waals surface area contributed by atoms with Gasteiger partial charge in [0.1, 0.15) is 11.3 Å². The quantitative estimate of drug-likeness (QED) is 0.700. The van der Waals surface area contributed by atoms with E-state index in [1.165, 1.54) is 5.56 Å². The molecule has 2 aromatic carbocycles. The molecule has 3 N–H and O–H groups in total. The molecule has 0 saturated carbocycles. The summed E-state index contributed by atoms with van der Waals surface area (Å²) in [5, 5.41) is 0. The molecule has 0 saturated heterocycles. The lowest BCUT2D eigenvalue weighted by atomic mass is 9.87. The summed E-state index contributed by atoms with van der Waals surface area (Å²) in [6.07, 6.45) is 0. The highest BCUT2D eigenvalue weighted by molar-refractivity contribution is 9.10. The Labute approximate surface area is 143 Å². The fraction of sp³-hybridized carbons (Fsp3) is 0.222. The molecule has 0 radical (unpaired) electrons. The lowest BCUT2D eigenvalue weighted by Crippen LogP contribution is -2.10. The monoisotopic (exact) mass is 371 g/mol. The molecule has 1 aromatic heterocycles. The van der Waals surface area contributed by atoms with Gasteiger partial charge in [-0.1, -0.05) is 45.0 Å². The predicted molar refractivity (Wildman–Crippen MR) is 96.4 cm³/mol. The zero-order valence-electron chi connectivity index (χ0n) is 13.3. The van der Waals surface area contributed by atoms with Gasteiger partial charge in [-0.25, -0.2) is 4.98 Å². The van der Waals surface area contributed by atoms with Crippen molar-refractivity contribution < 1.29 is 4.79 Å². The van der Waals surface area contributed by atoms with Crippen molar-refractivity contribution in [3.63, 3.8) is 0 Å². The van der Waals surface area contributed by atoms with Crippen molar-refractivity contribution in [2.24, 2.45) is 5.73 Å². The Bertz CT molecular complexity index is 889. The van der Waals surface area contributed by atoms with Crippen LogP contribution >= 0.6 is 15.9 Å². The summed E-state index contributed by atoms with van der Waals surface area (Å²) in [6.45, 7) is 6.56. The molecule has 0 unspecified atom stereocenters. The number of fused-ring (bicyclic) bond motifs is 1. The first kappa shape index (κ1) is 15.7. The Morgan fingerprint density at radius 3 is 2.39 bits per heavy atom. The number of carbonyl (C=O) groups excluding carboxylic acids is 1. The molecule has 5 heteroatoms. The van der Waals surface area contributed by atoms with Gasteiger partial charge in [0.25, 0.3) is 0 Å². The number of halogens is 1. The second kappa shape index (κ2) is 5.49. The van der Waals surface area contributed by atoms with E-state index in [1.807, 2.05) is 0 Å². The fourth-order valence-electron chi connectivity index (χ4n) is 2.48. The molecule has 0 aliphatic carbocycles. The van der Waals surface area contributed by atoms with Gasteiger partial charge >= 0.3 is 0 Å². The van der Waals surface area contributed by atoms with Crippen molar-refractivity contribution >= 4 is 32.9 Å². The van der Waals surface area contributed by atoms with Crippen molar-refractivity contribution in [2.45, 2.75) is 26.2 Å². The molecule has 4 nitrogen and oxygen atoms in total. The molecule has 0 bridgehead atoms. The molecule has 1 amide bonds. The molecular formula is C18H18BrN3O. The van der Waals surface area contributed by atoms with E-state index in [0.29, 0.717) is 5.56 Å². The van der Waals surface area contributed by atoms with Crippen molar-refractivity contribution in [1.82, 2.24) is 9.97 Å². The van der Waals surface area contributed by atoms with E-state index in [2.05, 4.69) is 70.9 Å². The van der Waals surface area contributed by atoms with E-state index < -0.39 is 5.91 Å². The van der Waals surface area contributed by atoms with Gasteiger partial charge in [-0.2, -0.15) is 0 Å². The minimum absolute atomic E-state index is 0.117. The lowest BCUT2D eigenvalue weighted by molar-refractivity contribution is 0.100. The molecule has 0 aliphatic heterocycles. The molecule has 0 spiro atoms. The third-order valence-electron chi connectivity index (χ3n) is 3.85. The SMILES string of the molecule is CC(C)(C)c1ccc(-c2nc3c(Br)cc(C(N)=O)cc3[nH]2)cc1. The number of rotatable bonds is 2. The van der Waals surface area contributed by atoms with Crippen LogP contribution in [-0.2, 0) is 5.41 Å². The summed E-state index contributed by atoms with van der Waals surface area (Å²) >= 11 is 3.45. The third kappa shape index (κ3) is 3.01. The number of imidazole rings is 1. The second-order valence-corrected chi connectivity index (χ2v) is 7.49. The Hall–Kier alpha value is -2.14. The van der Waals surface area contributed by atoms with E-state index in [1.54, 1.807) is 12.1 Å². The Kier molecular flexibility index (Phi) is 3.76. The number of nitrogens with zero attached hydrogens (tertiary/aromatic N) is 1. The van der Waals surface area contributed by atoms with Gasteiger partial charge in [-0.05, 0) is 39.0 Å². The average molecular weight is 372 g/mol. The van der Waals surface area contributed by atoms with Crippen LogP contribution in [-0.4, -0.2) is 15.9 Å². The van der Waals surface area contributed by atoms with Gasteiger partial charge < -0.3 is 10.7 Å². The van der Waals surface area contributed by atoms with Crippen LogP contribution in [0, 0.1) is 0 Å². The maximum Gasteiger partial charge on any atom is 0.248 e. The van der Waals surface area contributed by atoms with Crippen LogP contribution in [0.4, 0.5) is 0 Å². The molecular weight excluding hydrogens is 354 g/mol. The van der Waals surface area contributed by atoms with Crippen molar-refractivity contribution in [1.29, 1.82) is 0 Å². The summed E-state index contributed by atoms with van der Waals surface area (Å²) in [5.74, 6) is 0.307. The van der Waals surface area contributed by atoms with Gasteiger partial charge in [0.15, 0.2) is 0 Å². The first-order valence-corrected chi connectivity index (χ1v) is 8.15. The molecule has 3 rings (SSSR count). The fourth-order valence-corrected chi connectivity index (χ4v) is 3.03. The number of hydrogen-bond donors (Lipinski definition) is 2. The number of H-pyrrole nitrogens is 1. The van der Waals surface area contributed by atoms with E-state index in [9.17, 15) is 4.79 Å². The number of nitrogens with two attached hydrogens (primary N) is 1. The normalized spacial score (nSPS) is 11.8. The molecule has 0 atom stereocenters. The number of amides is 1. The highest BCUT2D eigenvalue weighted by Gasteiger charge is 2.15. The van der Waals surface area contributed by atoms with Crippen LogP contribution in [0.2, 0.25) is 0 Å². The van der Waals surface area contributed by atoms with Gasteiger partial charge in [-0.3, -0.25) is 4.79 Å². The van der Waals surface area contributed by atoms with Crippen LogP contribution < -0.4 is 5.73 Å². The summed E-state index contributed by atoms with van der Waals surface area (Å²) in [7, 11) is 0. The second-order valence-electron chi connectivity index (χ2n) is 6.63.